The van der Waals surface area contributed by atoms with Gasteiger partial charge in [-0.3, -0.25) is 4.79 Å². The van der Waals surface area contributed by atoms with E-state index in [1.165, 1.54) is 4.88 Å². The van der Waals surface area contributed by atoms with E-state index < -0.39 is 0 Å². The summed E-state index contributed by atoms with van der Waals surface area (Å²) in [6, 6.07) is 7.69. The van der Waals surface area contributed by atoms with Crippen LogP contribution in [0.1, 0.15) is 16.3 Å². The fourth-order valence-corrected chi connectivity index (χ4v) is 3.52. The van der Waals surface area contributed by atoms with Gasteiger partial charge in [0.1, 0.15) is 0 Å². The highest BCUT2D eigenvalue weighted by Crippen LogP contribution is 2.26. The molecule has 0 saturated carbocycles. The Hall–Kier alpha value is -1.72. The largest absolute Gasteiger partial charge is 0.326 e. The second kappa shape index (κ2) is 5.11. The molecular formula is C14H12N2OS2. The minimum absolute atomic E-state index is 0.0509. The molecule has 0 saturated heterocycles. The van der Waals surface area contributed by atoms with Gasteiger partial charge >= 0.3 is 0 Å². The molecule has 0 atom stereocenters. The summed E-state index contributed by atoms with van der Waals surface area (Å²) in [5.41, 5.74) is 2.86. The van der Waals surface area contributed by atoms with Crippen LogP contribution in [0, 0.1) is 6.92 Å². The zero-order valence-corrected chi connectivity index (χ0v) is 12.0. The van der Waals surface area contributed by atoms with Crippen LogP contribution < -0.4 is 5.56 Å². The first kappa shape index (κ1) is 12.3. The Bertz CT molecular complexity index is 741. The third kappa shape index (κ3) is 2.83. The monoisotopic (exact) mass is 288 g/mol. The number of H-pyrrole nitrogens is 1. The van der Waals surface area contributed by atoms with E-state index in [0.717, 1.165) is 22.0 Å². The number of thiazole rings is 1. The number of hydrogen-bond donors (Lipinski definition) is 1. The average molecular weight is 288 g/mol. The molecule has 0 aliphatic carbocycles. The Labute approximate surface area is 118 Å². The highest BCUT2D eigenvalue weighted by Gasteiger charge is 2.07. The van der Waals surface area contributed by atoms with Crippen molar-refractivity contribution in [1.82, 2.24) is 9.97 Å². The van der Waals surface area contributed by atoms with Crippen molar-refractivity contribution in [2.75, 3.05) is 0 Å². The second-order valence-electron chi connectivity index (χ2n) is 4.33. The standard InChI is InChI=1S/C14H12N2OS2/c1-9-5-10(15-13(17)6-9)7-14-16-11(8-19-14)12-3-2-4-18-12/h2-6,8H,7H2,1H3,(H,15,17). The Morgan fingerprint density at radius 3 is 2.95 bits per heavy atom. The molecule has 3 heterocycles. The van der Waals surface area contributed by atoms with Gasteiger partial charge in [-0.1, -0.05) is 6.07 Å². The van der Waals surface area contributed by atoms with Gasteiger partial charge in [0.2, 0.25) is 5.56 Å². The lowest BCUT2D eigenvalue weighted by Crippen LogP contribution is -2.08. The zero-order valence-electron chi connectivity index (χ0n) is 10.3. The summed E-state index contributed by atoms with van der Waals surface area (Å²) >= 11 is 3.31. The van der Waals surface area contributed by atoms with Crippen LogP contribution in [-0.2, 0) is 6.42 Å². The summed E-state index contributed by atoms with van der Waals surface area (Å²) in [7, 11) is 0. The SMILES string of the molecule is Cc1cc(Cc2nc(-c3cccs3)cs2)[nH]c(=O)c1. The number of hydrogen-bond acceptors (Lipinski definition) is 4. The van der Waals surface area contributed by atoms with Crippen molar-refractivity contribution < 1.29 is 0 Å². The maximum absolute atomic E-state index is 11.4. The molecule has 0 bridgehead atoms. The van der Waals surface area contributed by atoms with E-state index in [0.29, 0.717) is 6.42 Å². The lowest BCUT2D eigenvalue weighted by atomic mass is 10.2. The maximum atomic E-state index is 11.4. The van der Waals surface area contributed by atoms with Gasteiger partial charge in [-0.15, -0.1) is 22.7 Å². The van der Waals surface area contributed by atoms with E-state index in [1.54, 1.807) is 28.7 Å². The lowest BCUT2D eigenvalue weighted by molar-refractivity contribution is 1.02. The highest BCUT2D eigenvalue weighted by molar-refractivity contribution is 7.14. The number of nitrogens with one attached hydrogen (secondary N) is 1. The number of pyridine rings is 1. The smallest absolute Gasteiger partial charge is 0.248 e. The zero-order chi connectivity index (χ0) is 13.2. The van der Waals surface area contributed by atoms with Crippen molar-refractivity contribution in [3.63, 3.8) is 0 Å². The summed E-state index contributed by atoms with van der Waals surface area (Å²) in [6.07, 6.45) is 0.674. The molecule has 3 aromatic rings. The highest BCUT2D eigenvalue weighted by atomic mass is 32.1. The van der Waals surface area contributed by atoms with Crippen LogP contribution in [0.2, 0.25) is 0 Å². The normalized spacial score (nSPS) is 10.8. The van der Waals surface area contributed by atoms with Crippen molar-refractivity contribution in [2.24, 2.45) is 0 Å². The Balaban J connectivity index is 1.86. The van der Waals surface area contributed by atoms with Gasteiger partial charge in [0.15, 0.2) is 0 Å². The average Bonchev–Trinajstić information content (AvgIpc) is 2.96. The second-order valence-corrected chi connectivity index (χ2v) is 6.22. The van der Waals surface area contributed by atoms with Crippen LogP contribution in [-0.4, -0.2) is 9.97 Å². The van der Waals surface area contributed by atoms with Gasteiger partial charge in [-0.25, -0.2) is 4.98 Å². The summed E-state index contributed by atoms with van der Waals surface area (Å²) in [4.78, 5) is 20.1. The summed E-state index contributed by atoms with van der Waals surface area (Å²) < 4.78 is 0. The molecule has 0 radical (unpaired) electrons. The van der Waals surface area contributed by atoms with Crippen LogP contribution in [0.25, 0.3) is 10.6 Å². The topological polar surface area (TPSA) is 45.8 Å². The molecule has 3 aromatic heterocycles. The quantitative estimate of drug-likeness (QED) is 0.802. The number of nitrogens with zero attached hydrogens (tertiary/aromatic N) is 1. The molecule has 0 fully saturated rings. The summed E-state index contributed by atoms with van der Waals surface area (Å²) in [5.74, 6) is 0. The van der Waals surface area contributed by atoms with Gasteiger partial charge in [0, 0.05) is 23.6 Å². The molecule has 0 aromatic carbocycles. The van der Waals surface area contributed by atoms with E-state index in [9.17, 15) is 4.79 Å². The summed E-state index contributed by atoms with van der Waals surface area (Å²) in [6.45, 7) is 1.93. The molecule has 0 spiro atoms. The van der Waals surface area contributed by atoms with Crippen LogP contribution in [0.4, 0.5) is 0 Å². The molecule has 0 aliphatic rings. The van der Waals surface area contributed by atoms with Gasteiger partial charge in [0.25, 0.3) is 0 Å². The van der Waals surface area contributed by atoms with Gasteiger partial charge in [-0.2, -0.15) is 0 Å². The van der Waals surface area contributed by atoms with Crippen LogP contribution in [0.3, 0.4) is 0 Å². The van der Waals surface area contributed by atoms with Gasteiger partial charge in [-0.05, 0) is 30.0 Å². The Morgan fingerprint density at radius 2 is 2.21 bits per heavy atom. The van der Waals surface area contributed by atoms with E-state index in [4.69, 9.17) is 0 Å². The molecule has 19 heavy (non-hydrogen) atoms. The number of aryl methyl sites for hydroxylation is 1. The van der Waals surface area contributed by atoms with E-state index in [1.807, 2.05) is 24.4 Å². The molecule has 0 aliphatic heterocycles. The van der Waals surface area contributed by atoms with Crippen molar-refractivity contribution >= 4 is 22.7 Å². The predicted octanol–water partition coefficient (Wildman–Crippen LogP) is 3.46. The number of aromatic nitrogens is 2. The molecule has 3 rings (SSSR count). The van der Waals surface area contributed by atoms with Crippen molar-refractivity contribution in [3.8, 4) is 10.6 Å². The van der Waals surface area contributed by atoms with Crippen molar-refractivity contribution in [3.05, 3.63) is 61.6 Å². The molecule has 1 N–H and O–H groups in total. The van der Waals surface area contributed by atoms with E-state index in [-0.39, 0.29) is 5.56 Å². The fourth-order valence-electron chi connectivity index (χ4n) is 1.94. The molecule has 5 heteroatoms. The van der Waals surface area contributed by atoms with Gasteiger partial charge < -0.3 is 4.98 Å². The molecule has 0 unspecified atom stereocenters. The van der Waals surface area contributed by atoms with Crippen LogP contribution in [0.5, 0.6) is 0 Å². The fraction of sp³-hybridized carbons (Fsp3) is 0.143. The Morgan fingerprint density at radius 1 is 1.32 bits per heavy atom. The Kier molecular flexibility index (Phi) is 3.31. The third-order valence-electron chi connectivity index (χ3n) is 2.71. The van der Waals surface area contributed by atoms with Crippen LogP contribution >= 0.6 is 22.7 Å². The minimum Gasteiger partial charge on any atom is -0.326 e. The molecular weight excluding hydrogens is 276 g/mol. The van der Waals surface area contributed by atoms with Crippen LogP contribution in [0.15, 0.2) is 39.8 Å². The summed E-state index contributed by atoms with van der Waals surface area (Å²) in [5, 5.41) is 5.13. The minimum atomic E-state index is -0.0509. The number of rotatable bonds is 3. The molecule has 3 nitrogen and oxygen atoms in total. The van der Waals surface area contributed by atoms with E-state index in [2.05, 4.69) is 21.4 Å². The van der Waals surface area contributed by atoms with Crippen molar-refractivity contribution in [1.29, 1.82) is 0 Å². The molecule has 0 amide bonds. The maximum Gasteiger partial charge on any atom is 0.248 e. The van der Waals surface area contributed by atoms with Crippen molar-refractivity contribution in [2.45, 2.75) is 13.3 Å². The number of aromatic amines is 1. The first-order chi connectivity index (χ1) is 9.20. The predicted molar refractivity (Wildman–Crippen MR) is 80.0 cm³/mol. The first-order valence-corrected chi connectivity index (χ1v) is 7.65. The first-order valence-electron chi connectivity index (χ1n) is 5.89. The number of thiophene rings is 1. The lowest BCUT2D eigenvalue weighted by Gasteiger charge is -1.99. The third-order valence-corrected chi connectivity index (χ3v) is 4.45. The van der Waals surface area contributed by atoms with Gasteiger partial charge in [0.05, 0.1) is 15.6 Å². The molecule has 96 valence electrons. The van der Waals surface area contributed by atoms with E-state index >= 15 is 0 Å².